The molecule has 23 heavy (non-hydrogen) atoms. The van der Waals surface area contributed by atoms with Crippen LogP contribution < -0.4 is 5.56 Å². The first-order valence-electron chi connectivity index (χ1n) is 7.17. The van der Waals surface area contributed by atoms with Gasteiger partial charge in [-0.1, -0.05) is 36.4 Å². The summed E-state index contributed by atoms with van der Waals surface area (Å²) < 4.78 is 1.37. The van der Waals surface area contributed by atoms with Crippen LogP contribution in [0.4, 0.5) is 0 Å². The average Bonchev–Trinajstić information content (AvgIpc) is 3.06. The number of hydrogen-bond acceptors (Lipinski definition) is 4. The minimum absolute atomic E-state index is 0.00401. The first kappa shape index (κ1) is 13.8. The van der Waals surface area contributed by atoms with E-state index >= 15 is 0 Å². The Kier molecular flexibility index (Phi) is 3.28. The van der Waals surface area contributed by atoms with Crippen molar-refractivity contribution in [1.82, 2.24) is 9.55 Å². The molecule has 2 heterocycles. The molecule has 2 aromatic carbocycles. The molecule has 0 spiro atoms. The van der Waals surface area contributed by atoms with E-state index in [4.69, 9.17) is 0 Å². The molecule has 5 heteroatoms. The number of carbonyl (C=O) groups excluding carboxylic acids is 1. The van der Waals surface area contributed by atoms with Gasteiger partial charge in [0.2, 0.25) is 0 Å². The summed E-state index contributed by atoms with van der Waals surface area (Å²) in [7, 11) is 0. The van der Waals surface area contributed by atoms with Gasteiger partial charge in [0.15, 0.2) is 5.78 Å². The van der Waals surface area contributed by atoms with Gasteiger partial charge in [-0.05, 0) is 28.3 Å². The number of nitrogens with zero attached hydrogens (tertiary/aromatic N) is 2. The molecule has 0 fully saturated rings. The van der Waals surface area contributed by atoms with Crippen LogP contribution >= 0.6 is 11.3 Å². The van der Waals surface area contributed by atoms with Crippen molar-refractivity contribution in [2.45, 2.75) is 6.54 Å². The number of carbonyl (C=O) groups is 1. The zero-order valence-electron chi connectivity index (χ0n) is 12.1. The van der Waals surface area contributed by atoms with Crippen molar-refractivity contribution < 1.29 is 4.79 Å². The van der Waals surface area contributed by atoms with E-state index < -0.39 is 0 Å². The number of thiophene rings is 1. The summed E-state index contributed by atoms with van der Waals surface area (Å²) >= 11 is 1.42. The van der Waals surface area contributed by atoms with Crippen molar-refractivity contribution in [2.75, 3.05) is 0 Å². The summed E-state index contributed by atoms with van der Waals surface area (Å²) in [5, 5.41) is 4.48. The van der Waals surface area contributed by atoms with Gasteiger partial charge < -0.3 is 0 Å². The highest BCUT2D eigenvalue weighted by atomic mass is 32.1. The molecule has 4 rings (SSSR count). The number of aromatic nitrogens is 2. The third-order valence-corrected chi connectivity index (χ3v) is 4.66. The summed E-state index contributed by atoms with van der Waals surface area (Å²) in [4.78, 5) is 29.8. The Morgan fingerprint density at radius 1 is 1.09 bits per heavy atom. The zero-order chi connectivity index (χ0) is 15.8. The van der Waals surface area contributed by atoms with Crippen LogP contribution in [0.3, 0.4) is 0 Å². The maximum Gasteiger partial charge on any atom is 0.262 e. The molecule has 2 aromatic heterocycles. The number of ketones is 1. The van der Waals surface area contributed by atoms with Crippen molar-refractivity contribution in [3.63, 3.8) is 0 Å². The Morgan fingerprint density at radius 3 is 2.78 bits per heavy atom. The van der Waals surface area contributed by atoms with Gasteiger partial charge in [0.1, 0.15) is 4.83 Å². The van der Waals surface area contributed by atoms with Crippen molar-refractivity contribution in [3.8, 4) is 0 Å². The largest absolute Gasteiger partial charge is 0.292 e. The summed E-state index contributed by atoms with van der Waals surface area (Å²) in [5.74, 6) is -0.103. The molecule has 0 amide bonds. The standard InChI is InChI=1S/C18H12N2O2S/c21-16(14-6-5-12-3-1-2-4-13(12)9-14)10-20-11-19-17-15(18(20)22)7-8-23-17/h1-9,11H,10H2. The lowest BCUT2D eigenvalue weighted by Crippen LogP contribution is -2.24. The van der Waals surface area contributed by atoms with Crippen LogP contribution in [0.1, 0.15) is 10.4 Å². The Morgan fingerprint density at radius 2 is 1.91 bits per heavy atom. The van der Waals surface area contributed by atoms with Crippen molar-refractivity contribution in [1.29, 1.82) is 0 Å². The highest BCUT2D eigenvalue weighted by Gasteiger charge is 2.11. The molecule has 112 valence electrons. The lowest BCUT2D eigenvalue weighted by molar-refractivity contribution is 0.0971. The Labute approximate surface area is 135 Å². The highest BCUT2D eigenvalue weighted by molar-refractivity contribution is 7.16. The van der Waals surface area contributed by atoms with Gasteiger partial charge in [-0.3, -0.25) is 14.2 Å². The van der Waals surface area contributed by atoms with E-state index in [1.807, 2.05) is 41.8 Å². The fraction of sp³-hybridized carbons (Fsp3) is 0.0556. The molecule has 0 atom stereocenters. The second-order valence-corrected chi connectivity index (χ2v) is 6.20. The number of fused-ring (bicyclic) bond motifs is 2. The van der Waals surface area contributed by atoms with Gasteiger partial charge in [0, 0.05) is 5.56 Å². The van der Waals surface area contributed by atoms with Crippen molar-refractivity contribution in [3.05, 3.63) is 76.2 Å². The van der Waals surface area contributed by atoms with Crippen LogP contribution in [-0.4, -0.2) is 15.3 Å². The smallest absolute Gasteiger partial charge is 0.262 e. The molecule has 0 N–H and O–H groups in total. The first-order chi connectivity index (χ1) is 11.2. The van der Waals surface area contributed by atoms with E-state index in [0.717, 1.165) is 10.8 Å². The maximum atomic E-state index is 12.5. The van der Waals surface area contributed by atoms with Gasteiger partial charge >= 0.3 is 0 Å². The quantitative estimate of drug-likeness (QED) is 0.543. The molecular weight excluding hydrogens is 308 g/mol. The second kappa shape index (κ2) is 5.44. The number of Topliss-reactive ketones (excluding diaryl/α,β-unsaturated/α-hetero) is 1. The third-order valence-electron chi connectivity index (χ3n) is 3.84. The van der Waals surface area contributed by atoms with Gasteiger partial charge in [0.05, 0.1) is 18.3 Å². The molecule has 0 unspecified atom stereocenters. The number of hydrogen-bond donors (Lipinski definition) is 0. The molecule has 4 aromatic rings. The van der Waals surface area contributed by atoms with Gasteiger partial charge in [0.25, 0.3) is 5.56 Å². The molecule has 0 aliphatic carbocycles. The second-order valence-electron chi connectivity index (χ2n) is 5.30. The third kappa shape index (κ3) is 2.45. The molecule has 0 bridgehead atoms. The van der Waals surface area contributed by atoms with E-state index in [0.29, 0.717) is 15.8 Å². The lowest BCUT2D eigenvalue weighted by atomic mass is 10.0. The molecule has 0 saturated carbocycles. The lowest BCUT2D eigenvalue weighted by Gasteiger charge is -2.06. The normalized spacial score (nSPS) is 11.1. The topological polar surface area (TPSA) is 52.0 Å². The van der Waals surface area contributed by atoms with Crippen LogP contribution in [0.25, 0.3) is 21.0 Å². The van der Waals surface area contributed by atoms with Crippen LogP contribution in [0.2, 0.25) is 0 Å². The minimum Gasteiger partial charge on any atom is -0.292 e. The summed E-state index contributed by atoms with van der Waals surface area (Å²) in [6.07, 6.45) is 1.44. The van der Waals surface area contributed by atoms with Crippen molar-refractivity contribution in [2.24, 2.45) is 0 Å². The van der Waals surface area contributed by atoms with Crippen LogP contribution in [0.5, 0.6) is 0 Å². The Balaban J connectivity index is 1.70. The Hall–Kier alpha value is -2.79. The molecule has 0 saturated heterocycles. The summed E-state index contributed by atoms with van der Waals surface area (Å²) in [6, 6.07) is 15.2. The van der Waals surface area contributed by atoms with Gasteiger partial charge in [-0.2, -0.15) is 0 Å². The predicted octanol–water partition coefficient (Wildman–Crippen LogP) is 3.49. The van der Waals surface area contributed by atoms with Crippen LogP contribution in [-0.2, 0) is 6.54 Å². The van der Waals surface area contributed by atoms with Crippen molar-refractivity contribution >= 4 is 38.1 Å². The van der Waals surface area contributed by atoms with E-state index in [9.17, 15) is 9.59 Å². The molecular formula is C18H12N2O2S. The molecule has 0 aliphatic rings. The predicted molar refractivity (Wildman–Crippen MR) is 92.2 cm³/mol. The molecule has 4 nitrogen and oxygen atoms in total. The zero-order valence-corrected chi connectivity index (χ0v) is 12.9. The summed E-state index contributed by atoms with van der Waals surface area (Å²) in [6.45, 7) is -0.00401. The average molecular weight is 320 g/mol. The van der Waals surface area contributed by atoms with Gasteiger partial charge in [-0.25, -0.2) is 4.98 Å². The number of rotatable bonds is 3. The maximum absolute atomic E-state index is 12.5. The molecule has 0 radical (unpaired) electrons. The van der Waals surface area contributed by atoms with Gasteiger partial charge in [-0.15, -0.1) is 11.3 Å². The number of benzene rings is 2. The van der Waals surface area contributed by atoms with E-state index in [1.54, 1.807) is 12.1 Å². The van der Waals surface area contributed by atoms with Crippen LogP contribution in [0.15, 0.2) is 65.0 Å². The summed E-state index contributed by atoms with van der Waals surface area (Å²) in [5.41, 5.74) is 0.423. The first-order valence-corrected chi connectivity index (χ1v) is 8.05. The monoisotopic (exact) mass is 320 g/mol. The molecule has 0 aliphatic heterocycles. The van der Waals surface area contributed by atoms with E-state index in [1.165, 1.54) is 22.2 Å². The highest BCUT2D eigenvalue weighted by Crippen LogP contribution is 2.17. The SMILES string of the molecule is O=C(Cn1cnc2sccc2c1=O)c1ccc2ccccc2c1. The fourth-order valence-electron chi connectivity index (χ4n) is 2.61. The van der Waals surface area contributed by atoms with Crippen LogP contribution in [0, 0.1) is 0 Å². The van der Waals surface area contributed by atoms with E-state index in [2.05, 4.69) is 4.98 Å². The Bertz CT molecular complexity index is 1090. The van der Waals surface area contributed by atoms with E-state index in [-0.39, 0.29) is 17.9 Å². The fourth-order valence-corrected chi connectivity index (χ4v) is 3.34. The minimum atomic E-state index is -0.176.